The molecule has 0 N–H and O–H groups in total. The number of halogens is 3. The van der Waals surface area contributed by atoms with E-state index in [9.17, 15) is 10.1 Å². The normalized spacial score (nSPS) is 22.7. The standard InChI is InChI=1S/C30H36BrClFN5O3/c1-17(23-7-6-12-36(23)5)40-28-20-10-14-37(27(20)21-16-22(32)24(31)25(33)26(21)35-28)19-9-13-38(18(15-19)8-11-34)29(39)41-30(2,3)4/h10,14,16-19,23H,6-9,12-13,15H2,1-5H3/t17-,18+,19-,23-/m0/s1. The maximum Gasteiger partial charge on any atom is 0.410 e. The third kappa shape index (κ3) is 5.86. The summed E-state index contributed by atoms with van der Waals surface area (Å²) in [4.78, 5) is 21.6. The number of carbonyl (C=O) groups is 1. The van der Waals surface area contributed by atoms with Crippen LogP contribution in [0.3, 0.4) is 0 Å². The summed E-state index contributed by atoms with van der Waals surface area (Å²) in [5, 5.41) is 11.2. The van der Waals surface area contributed by atoms with Crippen molar-refractivity contribution in [2.45, 2.75) is 89.6 Å². The van der Waals surface area contributed by atoms with Gasteiger partial charge in [-0.2, -0.15) is 5.26 Å². The summed E-state index contributed by atoms with van der Waals surface area (Å²) in [6.07, 6.45) is 4.92. The Morgan fingerprint density at radius 1 is 1.32 bits per heavy atom. The summed E-state index contributed by atoms with van der Waals surface area (Å²) in [6, 6.07) is 5.80. The molecule has 0 bridgehead atoms. The van der Waals surface area contributed by atoms with E-state index in [0.717, 1.165) is 30.3 Å². The third-order valence-corrected chi connectivity index (χ3v) is 9.50. The van der Waals surface area contributed by atoms with Crippen LogP contribution in [0, 0.1) is 17.1 Å². The molecule has 2 fully saturated rings. The molecule has 1 aromatic carbocycles. The summed E-state index contributed by atoms with van der Waals surface area (Å²) in [5.41, 5.74) is 0.318. The van der Waals surface area contributed by atoms with Gasteiger partial charge in [0.1, 0.15) is 17.2 Å². The number of amides is 1. The highest BCUT2D eigenvalue weighted by atomic mass is 79.9. The molecular weight excluding hydrogens is 613 g/mol. The Kier molecular flexibility index (Phi) is 8.44. The van der Waals surface area contributed by atoms with Crippen LogP contribution < -0.4 is 4.74 Å². The predicted molar refractivity (Wildman–Crippen MR) is 161 cm³/mol. The zero-order chi connectivity index (χ0) is 29.6. The quantitative estimate of drug-likeness (QED) is 0.267. The second-order valence-corrected chi connectivity index (χ2v) is 13.4. The van der Waals surface area contributed by atoms with Crippen LogP contribution in [0.1, 0.15) is 65.8 Å². The topological polar surface area (TPSA) is 83.6 Å². The molecule has 2 saturated heterocycles. The van der Waals surface area contributed by atoms with Crippen LogP contribution >= 0.6 is 27.5 Å². The minimum Gasteiger partial charge on any atom is -0.472 e. The molecule has 4 heterocycles. The van der Waals surface area contributed by atoms with E-state index in [1.807, 2.05) is 40.0 Å². The molecule has 0 unspecified atom stereocenters. The van der Waals surface area contributed by atoms with Crippen molar-refractivity contribution in [1.29, 1.82) is 5.26 Å². The van der Waals surface area contributed by atoms with Gasteiger partial charge in [-0.25, -0.2) is 14.2 Å². The molecule has 0 spiro atoms. The van der Waals surface area contributed by atoms with Crippen molar-refractivity contribution in [2.24, 2.45) is 0 Å². The zero-order valence-electron chi connectivity index (χ0n) is 24.1. The van der Waals surface area contributed by atoms with Crippen molar-refractivity contribution in [3.05, 3.63) is 33.6 Å². The Hall–Kier alpha value is -2.61. The molecule has 3 aromatic rings. The van der Waals surface area contributed by atoms with Crippen molar-refractivity contribution in [3.63, 3.8) is 0 Å². The zero-order valence-corrected chi connectivity index (χ0v) is 26.4. The van der Waals surface area contributed by atoms with Crippen LogP contribution in [0.5, 0.6) is 5.88 Å². The number of ether oxygens (including phenoxy) is 2. The Labute approximate surface area is 253 Å². The van der Waals surface area contributed by atoms with Gasteiger partial charge in [-0.05, 0) is 95.0 Å². The van der Waals surface area contributed by atoms with E-state index in [0.29, 0.717) is 30.7 Å². The number of likely N-dealkylation sites (N-methyl/N-ethyl adjacent to an activating group) is 1. The van der Waals surface area contributed by atoms with Gasteiger partial charge in [-0.1, -0.05) is 11.6 Å². The SMILES string of the molecule is C[C@H](Oc1nc2c(F)c(Br)c(Cl)cc2c2c1ccn2[C@H]1CCN(C(=O)OC(C)(C)C)[C@H](CC#N)C1)[C@@H]1CCCN1C. The highest BCUT2D eigenvalue weighted by molar-refractivity contribution is 9.10. The van der Waals surface area contributed by atoms with Crippen LogP contribution in [-0.4, -0.2) is 69.4 Å². The van der Waals surface area contributed by atoms with Crippen LogP contribution in [0.4, 0.5) is 9.18 Å². The molecule has 2 aliphatic heterocycles. The van der Waals surface area contributed by atoms with Gasteiger partial charge in [0.2, 0.25) is 5.88 Å². The van der Waals surface area contributed by atoms with Gasteiger partial charge < -0.3 is 18.9 Å². The summed E-state index contributed by atoms with van der Waals surface area (Å²) in [6.45, 7) is 8.97. The molecule has 41 heavy (non-hydrogen) atoms. The molecule has 0 aliphatic carbocycles. The number of aromatic nitrogens is 2. The molecule has 1 amide bonds. The van der Waals surface area contributed by atoms with E-state index in [1.54, 1.807) is 11.0 Å². The Bertz CT molecular complexity index is 1520. The minimum absolute atomic E-state index is 0.0492. The number of nitriles is 1. The monoisotopic (exact) mass is 647 g/mol. The highest BCUT2D eigenvalue weighted by Gasteiger charge is 2.36. The molecule has 0 radical (unpaired) electrons. The maximum absolute atomic E-state index is 15.6. The number of rotatable bonds is 5. The third-order valence-electron chi connectivity index (χ3n) is 8.20. The first-order valence-corrected chi connectivity index (χ1v) is 15.3. The smallest absolute Gasteiger partial charge is 0.410 e. The van der Waals surface area contributed by atoms with Gasteiger partial charge in [0.05, 0.1) is 32.9 Å². The van der Waals surface area contributed by atoms with Gasteiger partial charge in [-0.15, -0.1) is 0 Å². The number of benzene rings is 1. The van der Waals surface area contributed by atoms with Crippen LogP contribution in [0.25, 0.3) is 21.8 Å². The number of piperidine rings is 1. The minimum atomic E-state index is -0.633. The molecule has 2 aromatic heterocycles. The second-order valence-electron chi connectivity index (χ2n) is 12.2. The number of fused-ring (bicyclic) bond motifs is 3. The second kappa shape index (κ2) is 11.6. The van der Waals surface area contributed by atoms with Crippen LogP contribution in [0.2, 0.25) is 5.02 Å². The fourth-order valence-electron chi connectivity index (χ4n) is 6.26. The Balaban J connectivity index is 1.57. The first kappa shape index (κ1) is 29.9. The lowest BCUT2D eigenvalue weighted by Gasteiger charge is -2.39. The summed E-state index contributed by atoms with van der Waals surface area (Å²) < 4.78 is 30.0. The van der Waals surface area contributed by atoms with Crippen LogP contribution in [-0.2, 0) is 4.74 Å². The first-order valence-electron chi connectivity index (χ1n) is 14.1. The average molecular weight is 649 g/mol. The lowest BCUT2D eigenvalue weighted by Crippen LogP contribution is -2.48. The molecule has 0 saturated carbocycles. The van der Waals surface area contributed by atoms with Crippen molar-refractivity contribution in [1.82, 2.24) is 19.4 Å². The Morgan fingerprint density at radius 3 is 2.73 bits per heavy atom. The number of likely N-dealkylation sites (tertiary alicyclic amines) is 2. The van der Waals surface area contributed by atoms with Gasteiger partial charge >= 0.3 is 6.09 Å². The van der Waals surface area contributed by atoms with E-state index in [1.165, 1.54) is 0 Å². The van der Waals surface area contributed by atoms with Gasteiger partial charge in [-0.3, -0.25) is 4.90 Å². The molecule has 2 aliphatic rings. The number of hydrogen-bond acceptors (Lipinski definition) is 6. The van der Waals surface area contributed by atoms with Crippen molar-refractivity contribution in [3.8, 4) is 11.9 Å². The van der Waals surface area contributed by atoms with Crippen LogP contribution in [0.15, 0.2) is 22.8 Å². The van der Waals surface area contributed by atoms with E-state index in [4.69, 9.17) is 21.1 Å². The Morgan fingerprint density at radius 2 is 2.07 bits per heavy atom. The first-order chi connectivity index (χ1) is 19.4. The van der Waals surface area contributed by atoms with E-state index in [-0.39, 0.29) is 45.7 Å². The van der Waals surface area contributed by atoms with Gasteiger partial charge in [0, 0.05) is 36.3 Å². The van der Waals surface area contributed by atoms with E-state index < -0.39 is 17.5 Å². The van der Waals surface area contributed by atoms with Crippen molar-refractivity contribution in [2.75, 3.05) is 20.1 Å². The maximum atomic E-state index is 15.6. The lowest BCUT2D eigenvalue weighted by atomic mass is 9.95. The largest absolute Gasteiger partial charge is 0.472 e. The molecule has 4 atom stereocenters. The number of carbonyl (C=O) groups excluding carboxylic acids is 1. The molecule has 5 rings (SSSR count). The summed E-state index contributed by atoms with van der Waals surface area (Å²) in [7, 11) is 2.09. The van der Waals surface area contributed by atoms with E-state index >= 15 is 4.39 Å². The molecule has 220 valence electrons. The molecule has 8 nitrogen and oxygen atoms in total. The summed E-state index contributed by atoms with van der Waals surface area (Å²) >= 11 is 9.71. The number of pyridine rings is 1. The van der Waals surface area contributed by atoms with E-state index in [2.05, 4.69) is 43.5 Å². The van der Waals surface area contributed by atoms with Crippen molar-refractivity contribution >= 4 is 55.4 Å². The number of hydrogen-bond donors (Lipinski definition) is 0. The molecular formula is C30H36BrClFN5O3. The van der Waals surface area contributed by atoms with Gasteiger partial charge in [0.25, 0.3) is 0 Å². The fraction of sp³-hybridized carbons (Fsp3) is 0.567. The number of nitrogens with zero attached hydrogens (tertiary/aromatic N) is 5. The van der Waals surface area contributed by atoms with Crippen molar-refractivity contribution < 1.29 is 18.7 Å². The lowest BCUT2D eigenvalue weighted by molar-refractivity contribution is 0.00620. The molecule has 11 heteroatoms. The summed E-state index contributed by atoms with van der Waals surface area (Å²) in [5.74, 6) is -0.160. The van der Waals surface area contributed by atoms with Gasteiger partial charge in [0.15, 0.2) is 5.82 Å². The average Bonchev–Trinajstić information content (AvgIpc) is 3.54. The fourth-order valence-corrected chi connectivity index (χ4v) is 6.76. The predicted octanol–water partition coefficient (Wildman–Crippen LogP) is 7.46. The highest BCUT2D eigenvalue weighted by Crippen LogP contribution is 2.41.